The van der Waals surface area contributed by atoms with Gasteiger partial charge in [-0.3, -0.25) is 4.79 Å². The number of carboxylic acids is 2. The summed E-state index contributed by atoms with van der Waals surface area (Å²) in [5.41, 5.74) is 1.13. The van der Waals surface area contributed by atoms with Crippen LogP contribution < -0.4 is 10.1 Å². The van der Waals surface area contributed by atoms with Gasteiger partial charge in [-0.1, -0.05) is 12.1 Å². The van der Waals surface area contributed by atoms with Crippen LogP contribution in [-0.2, 0) is 20.9 Å². The van der Waals surface area contributed by atoms with Crippen molar-refractivity contribution >= 4 is 17.8 Å². The first kappa shape index (κ1) is 22.4. The van der Waals surface area contributed by atoms with Crippen molar-refractivity contribution in [1.29, 1.82) is 0 Å². The van der Waals surface area contributed by atoms with Crippen molar-refractivity contribution in [3.05, 3.63) is 29.8 Å². The molecule has 1 aromatic carbocycles. The number of hydrogen-bond donors (Lipinski definition) is 3. The quantitative estimate of drug-likeness (QED) is 0.666. The molecule has 0 aromatic heterocycles. The summed E-state index contributed by atoms with van der Waals surface area (Å²) in [4.78, 5) is 32.6. The average Bonchev–Trinajstić information content (AvgIpc) is 2.62. The Morgan fingerprint density at radius 2 is 1.74 bits per heavy atom. The Hall–Kier alpha value is -2.61. The first-order chi connectivity index (χ1) is 12.8. The fraction of sp³-hybridized carbons (Fsp3) is 0.526. The van der Waals surface area contributed by atoms with Crippen molar-refractivity contribution in [1.82, 2.24) is 10.2 Å². The molecule has 2 rings (SSSR count). The van der Waals surface area contributed by atoms with E-state index in [1.165, 1.54) is 6.42 Å². The number of ether oxygens (including phenoxy) is 1. The summed E-state index contributed by atoms with van der Waals surface area (Å²) in [5.74, 6) is -2.60. The Morgan fingerprint density at radius 3 is 2.26 bits per heavy atom. The highest BCUT2D eigenvalue weighted by molar-refractivity contribution is 6.27. The van der Waals surface area contributed by atoms with Gasteiger partial charge in [-0.25, -0.2) is 9.59 Å². The van der Waals surface area contributed by atoms with Crippen molar-refractivity contribution < 1.29 is 29.3 Å². The van der Waals surface area contributed by atoms with Crippen LogP contribution in [0.5, 0.6) is 5.75 Å². The minimum absolute atomic E-state index is 0.206. The monoisotopic (exact) mass is 380 g/mol. The molecule has 150 valence electrons. The van der Waals surface area contributed by atoms with Crippen LogP contribution in [0, 0.1) is 0 Å². The van der Waals surface area contributed by atoms with Gasteiger partial charge in [0.1, 0.15) is 5.75 Å². The Balaban J connectivity index is 0.000000527. The second-order valence-corrected chi connectivity index (χ2v) is 6.50. The van der Waals surface area contributed by atoms with Gasteiger partial charge in [-0.2, -0.15) is 0 Å². The lowest BCUT2D eigenvalue weighted by Crippen LogP contribution is -2.50. The molecule has 1 amide bonds. The smallest absolute Gasteiger partial charge is 0.414 e. The molecule has 1 aliphatic heterocycles. The van der Waals surface area contributed by atoms with E-state index in [0.717, 1.165) is 24.2 Å². The SMILES string of the molecule is COc1cccc(CNCC(=O)N2C(C)CCCC2C)c1.O=C(O)C(=O)O. The molecule has 1 aromatic rings. The summed E-state index contributed by atoms with van der Waals surface area (Å²) >= 11 is 0. The normalized spacial score (nSPS) is 18.9. The largest absolute Gasteiger partial charge is 0.497 e. The zero-order valence-corrected chi connectivity index (χ0v) is 16.0. The van der Waals surface area contributed by atoms with E-state index >= 15 is 0 Å². The molecule has 8 heteroatoms. The molecule has 2 atom stereocenters. The van der Waals surface area contributed by atoms with Gasteiger partial charge in [0.05, 0.1) is 13.7 Å². The Kier molecular flexibility index (Phi) is 9.29. The average molecular weight is 380 g/mol. The van der Waals surface area contributed by atoms with E-state index in [1.807, 2.05) is 29.2 Å². The number of nitrogens with zero attached hydrogens (tertiary/aromatic N) is 1. The van der Waals surface area contributed by atoms with E-state index in [1.54, 1.807) is 7.11 Å². The van der Waals surface area contributed by atoms with Gasteiger partial charge < -0.3 is 25.2 Å². The molecule has 27 heavy (non-hydrogen) atoms. The highest BCUT2D eigenvalue weighted by atomic mass is 16.5. The topological polar surface area (TPSA) is 116 Å². The highest BCUT2D eigenvalue weighted by Crippen LogP contribution is 2.22. The molecule has 1 heterocycles. The van der Waals surface area contributed by atoms with Crippen LogP contribution >= 0.6 is 0 Å². The summed E-state index contributed by atoms with van der Waals surface area (Å²) in [6, 6.07) is 8.63. The molecular formula is C19H28N2O6. The fourth-order valence-corrected chi connectivity index (χ4v) is 3.10. The van der Waals surface area contributed by atoms with Crippen LogP contribution in [0.3, 0.4) is 0 Å². The van der Waals surface area contributed by atoms with E-state index < -0.39 is 11.9 Å². The summed E-state index contributed by atoms with van der Waals surface area (Å²) in [6.45, 7) is 5.37. The molecule has 1 aliphatic rings. The summed E-state index contributed by atoms with van der Waals surface area (Å²) < 4.78 is 5.20. The van der Waals surface area contributed by atoms with E-state index in [0.29, 0.717) is 25.2 Å². The number of nitrogens with one attached hydrogen (secondary N) is 1. The lowest BCUT2D eigenvalue weighted by atomic mass is 9.97. The molecule has 8 nitrogen and oxygen atoms in total. The molecule has 0 radical (unpaired) electrons. The maximum Gasteiger partial charge on any atom is 0.414 e. The second-order valence-electron chi connectivity index (χ2n) is 6.50. The molecular weight excluding hydrogens is 352 g/mol. The summed E-state index contributed by atoms with van der Waals surface area (Å²) in [6.07, 6.45) is 3.46. The molecule has 0 bridgehead atoms. The predicted octanol–water partition coefficient (Wildman–Crippen LogP) is 1.73. The van der Waals surface area contributed by atoms with Crippen molar-refractivity contribution in [3.8, 4) is 5.75 Å². The van der Waals surface area contributed by atoms with Gasteiger partial charge in [0.15, 0.2) is 0 Å². The van der Waals surface area contributed by atoms with E-state index in [2.05, 4.69) is 19.2 Å². The number of carbonyl (C=O) groups is 3. The zero-order valence-electron chi connectivity index (χ0n) is 16.0. The summed E-state index contributed by atoms with van der Waals surface area (Å²) in [7, 11) is 1.66. The minimum atomic E-state index is -1.82. The maximum absolute atomic E-state index is 12.4. The number of benzene rings is 1. The van der Waals surface area contributed by atoms with Crippen LogP contribution in [0.2, 0.25) is 0 Å². The number of piperidine rings is 1. The van der Waals surface area contributed by atoms with Gasteiger partial charge in [-0.15, -0.1) is 0 Å². The zero-order chi connectivity index (χ0) is 20.4. The first-order valence-electron chi connectivity index (χ1n) is 8.87. The van der Waals surface area contributed by atoms with Crippen molar-refractivity contribution in [3.63, 3.8) is 0 Å². The predicted molar refractivity (Wildman–Crippen MR) is 99.6 cm³/mol. The maximum atomic E-state index is 12.4. The third-order valence-electron chi connectivity index (χ3n) is 4.40. The molecule has 1 saturated heterocycles. The standard InChI is InChI=1S/C17H26N2O2.C2H2O4/c1-13-6-4-7-14(2)19(13)17(20)12-18-11-15-8-5-9-16(10-15)21-3;3-1(4)2(5)6/h5,8-10,13-14,18H,4,6-7,11-12H2,1-3H3;(H,3,4)(H,5,6). The number of likely N-dealkylation sites (tertiary alicyclic amines) is 1. The van der Waals surface area contributed by atoms with Crippen LogP contribution in [-0.4, -0.2) is 58.7 Å². The van der Waals surface area contributed by atoms with Crippen LogP contribution in [0.4, 0.5) is 0 Å². The van der Waals surface area contributed by atoms with E-state index in [4.69, 9.17) is 24.5 Å². The van der Waals surface area contributed by atoms with Gasteiger partial charge in [0, 0.05) is 18.6 Å². The van der Waals surface area contributed by atoms with Crippen LogP contribution in [0.25, 0.3) is 0 Å². The Bertz CT molecular complexity index is 627. The molecule has 3 N–H and O–H groups in total. The number of hydrogen-bond acceptors (Lipinski definition) is 5. The Morgan fingerprint density at radius 1 is 1.15 bits per heavy atom. The van der Waals surface area contributed by atoms with E-state index in [9.17, 15) is 4.79 Å². The minimum Gasteiger partial charge on any atom is -0.497 e. The molecule has 2 unspecified atom stereocenters. The van der Waals surface area contributed by atoms with Gasteiger partial charge in [-0.05, 0) is 50.8 Å². The third kappa shape index (κ3) is 7.65. The van der Waals surface area contributed by atoms with Gasteiger partial charge in [0.25, 0.3) is 0 Å². The Labute approximate surface area is 159 Å². The van der Waals surface area contributed by atoms with Gasteiger partial charge in [0.2, 0.25) is 5.91 Å². The van der Waals surface area contributed by atoms with Gasteiger partial charge >= 0.3 is 11.9 Å². The second kappa shape index (κ2) is 11.2. The number of amides is 1. The van der Waals surface area contributed by atoms with Crippen molar-refractivity contribution in [2.45, 2.75) is 51.7 Å². The number of carboxylic acid groups (broad SMARTS) is 2. The molecule has 1 fully saturated rings. The first-order valence-corrected chi connectivity index (χ1v) is 8.87. The number of aliphatic carboxylic acids is 2. The number of methoxy groups -OCH3 is 1. The molecule has 0 aliphatic carbocycles. The lowest BCUT2D eigenvalue weighted by Gasteiger charge is -2.39. The van der Waals surface area contributed by atoms with Crippen LogP contribution in [0.1, 0.15) is 38.7 Å². The third-order valence-corrected chi connectivity index (χ3v) is 4.40. The molecule has 0 spiro atoms. The summed E-state index contributed by atoms with van der Waals surface area (Å²) in [5, 5.41) is 18.0. The number of carbonyl (C=O) groups excluding carboxylic acids is 1. The molecule has 0 saturated carbocycles. The van der Waals surface area contributed by atoms with E-state index in [-0.39, 0.29) is 5.91 Å². The van der Waals surface area contributed by atoms with Crippen molar-refractivity contribution in [2.24, 2.45) is 0 Å². The lowest BCUT2D eigenvalue weighted by molar-refractivity contribution is -0.159. The van der Waals surface area contributed by atoms with Crippen molar-refractivity contribution in [2.75, 3.05) is 13.7 Å². The van der Waals surface area contributed by atoms with Crippen LogP contribution in [0.15, 0.2) is 24.3 Å². The fourth-order valence-electron chi connectivity index (χ4n) is 3.10. The highest BCUT2D eigenvalue weighted by Gasteiger charge is 2.28. The number of rotatable bonds is 5.